The molecular weight excluding hydrogens is 488 g/mol. The molecule has 1 heterocycles. The fraction of sp³-hybridized carbons (Fsp3) is 0.105. The highest BCUT2D eigenvalue weighted by molar-refractivity contribution is 5.92. The summed E-state index contributed by atoms with van der Waals surface area (Å²) in [5.41, 5.74) is 10.5. The molecule has 0 saturated carbocycles. The van der Waals surface area contributed by atoms with Gasteiger partial charge in [0.15, 0.2) is 23.0 Å². The van der Waals surface area contributed by atoms with E-state index in [9.17, 15) is 0 Å². The molecule has 2 heteroatoms. The smallest absolute Gasteiger partial charge is 0.178 e. The van der Waals surface area contributed by atoms with Crippen molar-refractivity contribution < 1.29 is 9.47 Å². The minimum atomic E-state index is -0.396. The highest BCUT2D eigenvalue weighted by atomic mass is 16.6. The third-order valence-electron chi connectivity index (χ3n) is 8.59. The van der Waals surface area contributed by atoms with Crippen LogP contribution in [0.5, 0.6) is 23.0 Å². The van der Waals surface area contributed by atoms with Gasteiger partial charge in [-0.25, -0.2) is 0 Å². The Morgan fingerprint density at radius 3 is 2.23 bits per heavy atom. The largest absolute Gasteiger partial charge is 0.449 e. The van der Waals surface area contributed by atoms with E-state index in [4.69, 9.17) is 9.47 Å². The van der Waals surface area contributed by atoms with Crippen LogP contribution in [0.2, 0.25) is 0 Å². The minimum Gasteiger partial charge on any atom is -0.449 e. The van der Waals surface area contributed by atoms with Gasteiger partial charge in [0.2, 0.25) is 0 Å². The second kappa shape index (κ2) is 8.86. The molecule has 5 aromatic rings. The molecule has 1 atom stereocenters. The Hall–Kier alpha value is -4.82. The van der Waals surface area contributed by atoms with Crippen molar-refractivity contribution in [2.24, 2.45) is 0 Å². The lowest BCUT2D eigenvalue weighted by atomic mass is 9.65. The number of hydrogen-bond donors (Lipinski definition) is 0. The van der Waals surface area contributed by atoms with Crippen molar-refractivity contribution in [2.75, 3.05) is 0 Å². The monoisotopic (exact) mass is 516 g/mol. The number of aryl methyl sites for hydroxylation is 1. The predicted molar refractivity (Wildman–Crippen MR) is 161 cm³/mol. The number of fused-ring (bicyclic) bond motifs is 6. The van der Waals surface area contributed by atoms with E-state index in [0.717, 1.165) is 52.5 Å². The number of allylic oxidation sites excluding steroid dienone is 4. The van der Waals surface area contributed by atoms with Gasteiger partial charge < -0.3 is 9.47 Å². The Bertz CT molecular complexity index is 1840. The second-order valence-electron chi connectivity index (χ2n) is 10.8. The molecule has 0 spiro atoms. The molecule has 0 bridgehead atoms. The molecule has 0 fully saturated rings. The van der Waals surface area contributed by atoms with E-state index in [-0.39, 0.29) is 0 Å². The fourth-order valence-electron chi connectivity index (χ4n) is 6.83. The van der Waals surface area contributed by atoms with Gasteiger partial charge in [0.05, 0.1) is 5.41 Å². The zero-order valence-electron chi connectivity index (χ0n) is 22.4. The van der Waals surface area contributed by atoms with Gasteiger partial charge in [-0.3, -0.25) is 0 Å². The van der Waals surface area contributed by atoms with Crippen LogP contribution < -0.4 is 9.47 Å². The van der Waals surface area contributed by atoms with Crippen LogP contribution in [0.1, 0.15) is 35.1 Å². The molecule has 3 aliphatic rings. The molecule has 40 heavy (non-hydrogen) atoms. The lowest BCUT2D eigenvalue weighted by Gasteiger charge is -2.37. The fourth-order valence-corrected chi connectivity index (χ4v) is 6.83. The van der Waals surface area contributed by atoms with Crippen LogP contribution in [0.4, 0.5) is 0 Å². The van der Waals surface area contributed by atoms with Gasteiger partial charge in [-0.1, -0.05) is 126 Å². The first-order chi connectivity index (χ1) is 19.7. The topological polar surface area (TPSA) is 18.5 Å². The van der Waals surface area contributed by atoms with Gasteiger partial charge in [-0.2, -0.15) is 0 Å². The standard InChI is InChI=1S/C38H28O2/c1-25-19-21-26(22-20-25)29-16-10-18-33-36(29)40-37-34(39-33)24-23-32-35(37)30-15-8-9-17-31(30)38(32,27-11-4-2-5-12-27)28-13-6-3-7-14-28/h2-6,8-13,15-24H,7,14H2,1H3. The summed E-state index contributed by atoms with van der Waals surface area (Å²) in [5.74, 6) is 3.05. The summed E-state index contributed by atoms with van der Waals surface area (Å²) in [7, 11) is 0. The van der Waals surface area contributed by atoms with E-state index < -0.39 is 5.41 Å². The molecule has 0 radical (unpaired) electrons. The summed E-state index contributed by atoms with van der Waals surface area (Å²) in [4.78, 5) is 0. The summed E-state index contributed by atoms with van der Waals surface area (Å²) in [6.45, 7) is 2.11. The maximum atomic E-state index is 6.95. The molecule has 0 amide bonds. The maximum Gasteiger partial charge on any atom is 0.178 e. The van der Waals surface area contributed by atoms with Crippen LogP contribution in [0, 0.1) is 6.92 Å². The quantitative estimate of drug-likeness (QED) is 0.233. The molecule has 2 nitrogen and oxygen atoms in total. The summed E-state index contributed by atoms with van der Waals surface area (Å²) < 4.78 is 13.5. The average molecular weight is 517 g/mol. The lowest BCUT2D eigenvalue weighted by Crippen LogP contribution is -2.30. The van der Waals surface area contributed by atoms with Crippen molar-refractivity contribution >= 4 is 0 Å². The van der Waals surface area contributed by atoms with E-state index in [1.807, 2.05) is 12.1 Å². The molecule has 1 aliphatic heterocycles. The summed E-state index contributed by atoms with van der Waals surface area (Å²) >= 11 is 0. The van der Waals surface area contributed by atoms with E-state index in [0.29, 0.717) is 0 Å². The summed E-state index contributed by atoms with van der Waals surface area (Å²) in [6, 6.07) is 38.9. The van der Waals surface area contributed by atoms with Crippen LogP contribution in [0.25, 0.3) is 22.3 Å². The number of para-hydroxylation sites is 1. The number of rotatable bonds is 3. The Kier molecular flexibility index (Phi) is 5.12. The molecule has 0 N–H and O–H groups in total. The zero-order chi connectivity index (χ0) is 26.7. The second-order valence-corrected chi connectivity index (χ2v) is 10.8. The van der Waals surface area contributed by atoms with Crippen molar-refractivity contribution in [3.8, 4) is 45.3 Å². The van der Waals surface area contributed by atoms with Crippen LogP contribution in [0.3, 0.4) is 0 Å². The van der Waals surface area contributed by atoms with Crippen molar-refractivity contribution in [3.63, 3.8) is 0 Å². The van der Waals surface area contributed by atoms with Gasteiger partial charge in [-0.15, -0.1) is 0 Å². The predicted octanol–water partition coefficient (Wildman–Crippen LogP) is 10.2. The van der Waals surface area contributed by atoms with Gasteiger partial charge in [0, 0.05) is 11.1 Å². The third-order valence-corrected chi connectivity index (χ3v) is 8.59. The number of benzene rings is 5. The average Bonchev–Trinajstić information content (AvgIpc) is 3.33. The SMILES string of the molecule is Cc1ccc(-c2cccc3c2Oc2c(ccc4c2-c2ccccc2C4(C2=CC=CCC2)c2ccccc2)O3)cc1. The molecule has 0 aromatic heterocycles. The van der Waals surface area contributed by atoms with Crippen molar-refractivity contribution in [1.82, 2.24) is 0 Å². The summed E-state index contributed by atoms with van der Waals surface area (Å²) in [6.07, 6.45) is 8.84. The van der Waals surface area contributed by atoms with Crippen LogP contribution in [-0.4, -0.2) is 0 Å². The lowest BCUT2D eigenvalue weighted by molar-refractivity contribution is 0.361. The van der Waals surface area contributed by atoms with Crippen LogP contribution >= 0.6 is 0 Å². The Labute approximate surface area is 234 Å². The maximum absolute atomic E-state index is 6.95. The van der Waals surface area contributed by atoms with Gasteiger partial charge in [0.25, 0.3) is 0 Å². The number of hydrogen-bond acceptors (Lipinski definition) is 2. The van der Waals surface area contributed by atoms with Gasteiger partial charge in [-0.05, 0) is 59.7 Å². The van der Waals surface area contributed by atoms with E-state index in [1.165, 1.54) is 33.4 Å². The van der Waals surface area contributed by atoms with E-state index >= 15 is 0 Å². The normalized spacial score (nSPS) is 18.0. The molecule has 5 aromatic carbocycles. The molecule has 192 valence electrons. The van der Waals surface area contributed by atoms with Crippen molar-refractivity contribution in [1.29, 1.82) is 0 Å². The highest BCUT2D eigenvalue weighted by Crippen LogP contribution is 2.63. The van der Waals surface area contributed by atoms with Crippen molar-refractivity contribution in [3.05, 3.63) is 155 Å². The molecular formula is C38H28O2. The molecule has 0 saturated heterocycles. The van der Waals surface area contributed by atoms with Crippen LogP contribution in [-0.2, 0) is 5.41 Å². The highest BCUT2D eigenvalue weighted by Gasteiger charge is 2.49. The Balaban J connectivity index is 1.39. The first-order valence-corrected chi connectivity index (χ1v) is 14.0. The van der Waals surface area contributed by atoms with Crippen molar-refractivity contribution in [2.45, 2.75) is 25.2 Å². The summed E-state index contributed by atoms with van der Waals surface area (Å²) in [5, 5.41) is 0. The van der Waals surface area contributed by atoms with Gasteiger partial charge >= 0.3 is 0 Å². The van der Waals surface area contributed by atoms with Crippen LogP contribution in [0.15, 0.2) is 133 Å². The molecule has 2 aliphatic carbocycles. The molecule has 1 unspecified atom stereocenters. The number of ether oxygens (including phenoxy) is 2. The first-order valence-electron chi connectivity index (χ1n) is 14.0. The van der Waals surface area contributed by atoms with Gasteiger partial charge in [0.1, 0.15) is 0 Å². The van der Waals surface area contributed by atoms with E-state index in [1.54, 1.807) is 0 Å². The Morgan fingerprint density at radius 2 is 1.40 bits per heavy atom. The minimum absolute atomic E-state index is 0.396. The first kappa shape index (κ1) is 23.1. The Morgan fingerprint density at radius 1 is 0.625 bits per heavy atom. The third kappa shape index (κ3) is 3.23. The zero-order valence-corrected chi connectivity index (χ0v) is 22.4. The molecule has 8 rings (SSSR count). The van der Waals surface area contributed by atoms with E-state index in [2.05, 4.69) is 122 Å².